The first-order valence-corrected chi connectivity index (χ1v) is 8.18. The minimum Gasteiger partial charge on any atom is -0.469 e. The monoisotopic (exact) mass is 357 g/mol. The topological polar surface area (TPSA) is 72.0 Å². The molecule has 0 aliphatic carbocycles. The van der Waals surface area contributed by atoms with Gasteiger partial charge in [0, 0.05) is 25.1 Å². The van der Waals surface area contributed by atoms with Gasteiger partial charge in [-0.1, -0.05) is 18.2 Å². The van der Waals surface area contributed by atoms with E-state index in [2.05, 4.69) is 25.1 Å². The maximum absolute atomic E-state index is 12.4. The zero-order valence-corrected chi connectivity index (χ0v) is 14.6. The molecule has 0 amide bonds. The van der Waals surface area contributed by atoms with Gasteiger partial charge in [-0.05, 0) is 25.8 Å². The Morgan fingerprint density at radius 1 is 1.24 bits per heavy atom. The largest absolute Gasteiger partial charge is 0.469 e. The summed E-state index contributed by atoms with van der Waals surface area (Å²) in [7, 11) is 1.37. The summed E-state index contributed by atoms with van der Waals surface area (Å²) in [6, 6.07) is 6.57. The summed E-state index contributed by atoms with van der Waals surface area (Å²) < 4.78 is 33.9. The highest BCUT2D eigenvalue weighted by Gasteiger charge is 2.09. The first kappa shape index (κ1) is 20.7. The second-order valence-corrected chi connectivity index (χ2v) is 5.14. The van der Waals surface area contributed by atoms with Crippen molar-refractivity contribution in [1.82, 2.24) is 10.6 Å². The molecule has 0 atom stereocenters. The molecule has 6 nitrogen and oxygen atoms in total. The third-order valence-corrected chi connectivity index (χ3v) is 3.27. The number of hydrogen-bond acceptors (Lipinski definition) is 4. The van der Waals surface area contributed by atoms with Crippen LogP contribution in [-0.2, 0) is 16.1 Å². The van der Waals surface area contributed by atoms with E-state index in [1.165, 1.54) is 13.2 Å². The van der Waals surface area contributed by atoms with Crippen molar-refractivity contribution in [2.75, 3.05) is 20.2 Å². The lowest BCUT2D eigenvalue weighted by Gasteiger charge is -2.12. The predicted molar refractivity (Wildman–Crippen MR) is 91.8 cm³/mol. The Morgan fingerprint density at radius 2 is 2.00 bits per heavy atom. The molecule has 1 rings (SSSR count). The molecule has 0 fully saturated rings. The molecule has 0 saturated carbocycles. The molecule has 0 spiro atoms. The van der Waals surface area contributed by atoms with Crippen LogP contribution < -0.4 is 15.4 Å². The molecular formula is C17H25F2N3O3. The number of unbranched alkanes of at least 4 members (excludes halogenated alkanes) is 1. The number of carbonyl (C=O) groups is 1. The number of guanidine groups is 1. The number of ether oxygens (including phenoxy) is 2. The molecule has 0 heterocycles. The average molecular weight is 357 g/mol. The third kappa shape index (κ3) is 8.88. The molecule has 0 unspecified atom stereocenters. The van der Waals surface area contributed by atoms with E-state index in [9.17, 15) is 13.6 Å². The summed E-state index contributed by atoms with van der Waals surface area (Å²) in [6.07, 6.45) is 1.87. The van der Waals surface area contributed by atoms with Crippen molar-refractivity contribution in [3.05, 3.63) is 29.8 Å². The van der Waals surface area contributed by atoms with Gasteiger partial charge < -0.3 is 20.1 Å². The fraction of sp³-hybridized carbons (Fsp3) is 0.529. The highest BCUT2D eigenvalue weighted by Crippen LogP contribution is 2.20. The standard InChI is InChI=1S/C17H25F2N3O3/c1-3-20-17(21-11-7-6-10-15(23)24-2)22-12-13-8-4-5-9-14(13)25-16(18)19/h4-5,8-9,16H,3,6-7,10-12H2,1-2H3,(H2,20,21,22). The molecule has 140 valence electrons. The van der Waals surface area contributed by atoms with Gasteiger partial charge in [-0.25, -0.2) is 4.99 Å². The molecule has 0 aromatic heterocycles. The van der Waals surface area contributed by atoms with Gasteiger partial charge >= 0.3 is 12.6 Å². The van der Waals surface area contributed by atoms with Crippen LogP contribution >= 0.6 is 0 Å². The second kappa shape index (κ2) is 12.0. The lowest BCUT2D eigenvalue weighted by atomic mass is 10.2. The minimum absolute atomic E-state index is 0.121. The number of nitrogens with one attached hydrogen (secondary N) is 2. The average Bonchev–Trinajstić information content (AvgIpc) is 2.59. The maximum Gasteiger partial charge on any atom is 0.387 e. The Kier molecular flexibility index (Phi) is 9.96. The summed E-state index contributed by atoms with van der Waals surface area (Å²) in [6.45, 7) is 0.579. The van der Waals surface area contributed by atoms with E-state index in [4.69, 9.17) is 0 Å². The molecule has 1 aromatic carbocycles. The van der Waals surface area contributed by atoms with Crippen LogP contribution in [0.2, 0.25) is 0 Å². The van der Waals surface area contributed by atoms with Gasteiger partial charge in [-0.15, -0.1) is 0 Å². The zero-order valence-electron chi connectivity index (χ0n) is 14.6. The molecule has 0 radical (unpaired) electrons. The highest BCUT2D eigenvalue weighted by atomic mass is 19.3. The molecule has 2 N–H and O–H groups in total. The van der Waals surface area contributed by atoms with Gasteiger partial charge in [0.1, 0.15) is 5.75 Å². The summed E-state index contributed by atoms with van der Waals surface area (Å²) in [5.74, 6) is 0.471. The van der Waals surface area contributed by atoms with Crippen LogP contribution in [0.15, 0.2) is 29.3 Å². The number of carbonyl (C=O) groups excluding carboxylic acids is 1. The van der Waals surface area contributed by atoms with Crippen LogP contribution in [0.1, 0.15) is 31.7 Å². The van der Waals surface area contributed by atoms with Crippen LogP contribution in [0, 0.1) is 0 Å². The molecule has 0 saturated heterocycles. The van der Waals surface area contributed by atoms with Crippen molar-refractivity contribution >= 4 is 11.9 Å². The SMILES string of the molecule is CCNC(=NCc1ccccc1OC(F)F)NCCCCC(=O)OC. The highest BCUT2D eigenvalue weighted by molar-refractivity contribution is 5.79. The van der Waals surface area contributed by atoms with Crippen LogP contribution in [0.4, 0.5) is 8.78 Å². The van der Waals surface area contributed by atoms with E-state index < -0.39 is 6.61 Å². The van der Waals surface area contributed by atoms with Gasteiger partial charge in [0.2, 0.25) is 0 Å². The normalized spacial score (nSPS) is 11.3. The maximum atomic E-state index is 12.4. The Balaban J connectivity index is 2.54. The fourth-order valence-electron chi connectivity index (χ4n) is 2.05. The van der Waals surface area contributed by atoms with Gasteiger partial charge in [0.25, 0.3) is 0 Å². The quantitative estimate of drug-likeness (QED) is 0.292. The van der Waals surface area contributed by atoms with E-state index in [1.54, 1.807) is 18.2 Å². The summed E-state index contributed by atoms with van der Waals surface area (Å²) >= 11 is 0. The lowest BCUT2D eigenvalue weighted by Crippen LogP contribution is -2.37. The molecule has 25 heavy (non-hydrogen) atoms. The Labute approximate surface area is 146 Å². The third-order valence-electron chi connectivity index (χ3n) is 3.27. The molecule has 1 aromatic rings. The summed E-state index contributed by atoms with van der Waals surface area (Å²) in [4.78, 5) is 15.4. The van der Waals surface area contributed by atoms with E-state index in [-0.39, 0.29) is 18.3 Å². The Morgan fingerprint density at radius 3 is 2.68 bits per heavy atom. The van der Waals surface area contributed by atoms with Gasteiger partial charge in [-0.2, -0.15) is 8.78 Å². The molecule has 0 aliphatic rings. The van der Waals surface area contributed by atoms with Crippen LogP contribution in [-0.4, -0.2) is 38.7 Å². The summed E-state index contributed by atoms with van der Waals surface area (Å²) in [5, 5.41) is 6.22. The van der Waals surface area contributed by atoms with E-state index >= 15 is 0 Å². The van der Waals surface area contributed by atoms with Gasteiger partial charge in [0.15, 0.2) is 5.96 Å². The van der Waals surface area contributed by atoms with Crippen molar-refractivity contribution in [2.24, 2.45) is 4.99 Å². The van der Waals surface area contributed by atoms with Crippen LogP contribution in [0.25, 0.3) is 0 Å². The van der Waals surface area contributed by atoms with E-state index in [0.717, 1.165) is 6.42 Å². The number of benzene rings is 1. The first-order chi connectivity index (χ1) is 12.1. The van der Waals surface area contributed by atoms with Crippen molar-refractivity contribution in [3.8, 4) is 5.75 Å². The van der Waals surface area contributed by atoms with Crippen molar-refractivity contribution in [3.63, 3.8) is 0 Å². The van der Waals surface area contributed by atoms with Crippen molar-refractivity contribution in [1.29, 1.82) is 0 Å². The Hall–Kier alpha value is -2.38. The number of alkyl halides is 2. The molecule has 0 aliphatic heterocycles. The predicted octanol–water partition coefficient (Wildman–Crippen LogP) is 2.69. The van der Waals surface area contributed by atoms with Crippen molar-refractivity contribution in [2.45, 2.75) is 39.3 Å². The van der Waals surface area contributed by atoms with Crippen molar-refractivity contribution < 1.29 is 23.0 Å². The smallest absolute Gasteiger partial charge is 0.387 e. The molecular weight excluding hydrogens is 332 g/mol. The molecule has 0 bridgehead atoms. The number of rotatable bonds is 10. The number of aliphatic imine (C=N–C) groups is 1. The zero-order chi connectivity index (χ0) is 18.5. The van der Waals surface area contributed by atoms with E-state index in [1.807, 2.05) is 6.92 Å². The van der Waals surface area contributed by atoms with Crippen LogP contribution in [0.3, 0.4) is 0 Å². The lowest BCUT2D eigenvalue weighted by molar-refractivity contribution is -0.140. The number of para-hydroxylation sites is 1. The number of esters is 1. The number of halogens is 2. The fourth-order valence-corrected chi connectivity index (χ4v) is 2.05. The van der Waals surface area contributed by atoms with Gasteiger partial charge in [0.05, 0.1) is 13.7 Å². The van der Waals surface area contributed by atoms with Gasteiger partial charge in [-0.3, -0.25) is 4.79 Å². The first-order valence-electron chi connectivity index (χ1n) is 8.18. The number of methoxy groups -OCH3 is 1. The summed E-state index contributed by atoms with van der Waals surface area (Å²) in [5.41, 5.74) is 0.575. The van der Waals surface area contributed by atoms with E-state index in [0.29, 0.717) is 37.5 Å². The number of nitrogens with zero attached hydrogens (tertiary/aromatic N) is 1. The molecule has 8 heteroatoms. The Bertz CT molecular complexity index is 554. The second-order valence-electron chi connectivity index (χ2n) is 5.14. The number of hydrogen-bond donors (Lipinski definition) is 2. The van der Waals surface area contributed by atoms with Crippen LogP contribution in [0.5, 0.6) is 5.75 Å². The minimum atomic E-state index is -2.87.